The van der Waals surface area contributed by atoms with Crippen molar-refractivity contribution < 1.29 is 14.5 Å². The summed E-state index contributed by atoms with van der Waals surface area (Å²) in [5, 5.41) is 6.04. The molecule has 3 N–H and O–H groups in total. The number of quaternary nitrogens is 1. The molecule has 0 aromatic heterocycles. The highest BCUT2D eigenvalue weighted by Gasteiger charge is 2.28. The molecule has 0 spiro atoms. The van der Waals surface area contributed by atoms with Gasteiger partial charge in [0, 0.05) is 30.9 Å². The van der Waals surface area contributed by atoms with Crippen LogP contribution in [0.1, 0.15) is 37.8 Å². The van der Waals surface area contributed by atoms with E-state index in [-0.39, 0.29) is 17.9 Å². The standard InChI is InChI=1S/C25H34N4O2/c1-3-28(4-2)18-21-12-9-8-11-20(21)17-26-24(30)22-13-10-16-29(19-22)25(31)27-23-14-6-5-7-15-23/h5-9,11-12,14-15,22H,3-4,10,13,16-19H2,1-2H3,(H,26,30)(H,27,31)/p+1/t22-/m0/s1. The molecule has 0 aliphatic carbocycles. The van der Waals surface area contributed by atoms with Crippen molar-refractivity contribution in [1.29, 1.82) is 0 Å². The fourth-order valence-corrected chi connectivity index (χ4v) is 4.10. The predicted octanol–water partition coefficient (Wildman–Crippen LogP) is 2.67. The average molecular weight is 424 g/mol. The summed E-state index contributed by atoms with van der Waals surface area (Å²) in [4.78, 5) is 28.7. The summed E-state index contributed by atoms with van der Waals surface area (Å²) >= 11 is 0. The Morgan fingerprint density at radius 2 is 1.68 bits per heavy atom. The number of carbonyl (C=O) groups excluding carboxylic acids is 2. The Kier molecular flexibility index (Phi) is 8.47. The second-order valence-electron chi connectivity index (χ2n) is 8.20. The van der Waals surface area contributed by atoms with E-state index in [0.29, 0.717) is 19.6 Å². The smallest absolute Gasteiger partial charge is 0.321 e. The van der Waals surface area contributed by atoms with Gasteiger partial charge in [0.05, 0.1) is 19.0 Å². The number of anilines is 1. The van der Waals surface area contributed by atoms with E-state index in [1.54, 1.807) is 4.90 Å². The largest absolute Gasteiger partial charge is 0.352 e. The van der Waals surface area contributed by atoms with E-state index in [1.165, 1.54) is 16.0 Å². The Morgan fingerprint density at radius 3 is 2.39 bits per heavy atom. The highest BCUT2D eigenvalue weighted by molar-refractivity contribution is 5.90. The molecular formula is C25H35N4O2+. The van der Waals surface area contributed by atoms with Crippen molar-refractivity contribution in [2.45, 2.75) is 39.8 Å². The quantitative estimate of drug-likeness (QED) is 0.611. The first-order valence-electron chi connectivity index (χ1n) is 11.4. The topological polar surface area (TPSA) is 65.9 Å². The molecule has 0 radical (unpaired) electrons. The van der Waals surface area contributed by atoms with Crippen LogP contribution < -0.4 is 15.5 Å². The Morgan fingerprint density at radius 1 is 1.00 bits per heavy atom. The second kappa shape index (κ2) is 11.5. The number of benzene rings is 2. The van der Waals surface area contributed by atoms with Gasteiger partial charge in [-0.1, -0.05) is 42.5 Å². The Balaban J connectivity index is 1.54. The summed E-state index contributed by atoms with van der Waals surface area (Å²) in [6.07, 6.45) is 1.65. The molecule has 1 heterocycles. The van der Waals surface area contributed by atoms with Gasteiger partial charge in [-0.25, -0.2) is 4.79 Å². The van der Waals surface area contributed by atoms with Crippen LogP contribution in [0.15, 0.2) is 54.6 Å². The first kappa shape index (κ1) is 22.8. The van der Waals surface area contributed by atoms with Gasteiger partial charge in [-0.05, 0) is 44.4 Å². The lowest BCUT2D eigenvalue weighted by molar-refractivity contribution is -0.910. The van der Waals surface area contributed by atoms with Crippen LogP contribution in [-0.4, -0.2) is 43.0 Å². The van der Waals surface area contributed by atoms with Gasteiger partial charge in [0.25, 0.3) is 0 Å². The van der Waals surface area contributed by atoms with Crippen molar-refractivity contribution in [3.05, 3.63) is 65.7 Å². The molecular weight excluding hydrogens is 388 g/mol. The minimum absolute atomic E-state index is 0.0298. The van der Waals surface area contributed by atoms with E-state index in [4.69, 9.17) is 0 Å². The van der Waals surface area contributed by atoms with Gasteiger partial charge in [0.15, 0.2) is 0 Å². The fourth-order valence-electron chi connectivity index (χ4n) is 4.10. The predicted molar refractivity (Wildman–Crippen MR) is 124 cm³/mol. The van der Waals surface area contributed by atoms with Crippen molar-refractivity contribution in [3.8, 4) is 0 Å². The van der Waals surface area contributed by atoms with Crippen LogP contribution in [0.3, 0.4) is 0 Å². The second-order valence-corrected chi connectivity index (χ2v) is 8.20. The number of hydrogen-bond acceptors (Lipinski definition) is 2. The summed E-state index contributed by atoms with van der Waals surface area (Å²) < 4.78 is 0. The zero-order valence-corrected chi connectivity index (χ0v) is 18.7. The molecule has 3 amide bonds. The molecule has 2 aromatic rings. The molecule has 1 aliphatic heterocycles. The minimum Gasteiger partial charge on any atom is -0.352 e. The number of amides is 3. The van der Waals surface area contributed by atoms with Gasteiger partial charge in [0.1, 0.15) is 6.54 Å². The highest BCUT2D eigenvalue weighted by Crippen LogP contribution is 2.18. The first-order valence-corrected chi connectivity index (χ1v) is 11.4. The number of nitrogens with zero attached hydrogens (tertiary/aromatic N) is 1. The lowest BCUT2D eigenvalue weighted by Crippen LogP contribution is -3.10. The van der Waals surface area contributed by atoms with Gasteiger partial charge in [-0.2, -0.15) is 0 Å². The lowest BCUT2D eigenvalue weighted by atomic mass is 9.97. The molecule has 1 aliphatic rings. The van der Waals surface area contributed by atoms with E-state index in [0.717, 1.165) is 38.2 Å². The maximum atomic E-state index is 12.9. The van der Waals surface area contributed by atoms with E-state index >= 15 is 0 Å². The number of urea groups is 1. The van der Waals surface area contributed by atoms with Gasteiger partial charge in [0.2, 0.25) is 5.91 Å². The van der Waals surface area contributed by atoms with Gasteiger partial charge in [-0.3, -0.25) is 4.79 Å². The number of likely N-dealkylation sites (tertiary alicyclic amines) is 1. The maximum absolute atomic E-state index is 12.9. The Bertz CT molecular complexity index is 852. The summed E-state index contributed by atoms with van der Waals surface area (Å²) in [5.74, 6) is -0.141. The Labute approximate surface area is 185 Å². The number of para-hydroxylation sites is 1. The van der Waals surface area contributed by atoms with Crippen LogP contribution in [0.5, 0.6) is 0 Å². The molecule has 2 aromatic carbocycles. The highest BCUT2D eigenvalue weighted by atomic mass is 16.2. The van der Waals surface area contributed by atoms with Crippen molar-refractivity contribution in [1.82, 2.24) is 10.2 Å². The molecule has 6 heteroatoms. The van der Waals surface area contributed by atoms with Gasteiger partial charge in [-0.15, -0.1) is 0 Å². The number of hydrogen-bond donors (Lipinski definition) is 3. The SMILES string of the molecule is CC[NH+](CC)Cc1ccccc1CNC(=O)[C@H]1CCCN(C(=O)Nc2ccccc2)C1. The van der Waals surface area contributed by atoms with Crippen molar-refractivity contribution >= 4 is 17.6 Å². The average Bonchev–Trinajstić information content (AvgIpc) is 2.82. The third-order valence-electron chi connectivity index (χ3n) is 6.12. The van der Waals surface area contributed by atoms with Crippen LogP contribution in [0.2, 0.25) is 0 Å². The third-order valence-corrected chi connectivity index (χ3v) is 6.12. The van der Waals surface area contributed by atoms with Crippen molar-refractivity contribution in [2.75, 3.05) is 31.5 Å². The number of nitrogens with one attached hydrogen (secondary N) is 3. The molecule has 3 rings (SSSR count). The van der Waals surface area contributed by atoms with Gasteiger partial charge < -0.3 is 20.4 Å². The molecule has 6 nitrogen and oxygen atoms in total. The molecule has 1 saturated heterocycles. The molecule has 1 atom stereocenters. The van der Waals surface area contributed by atoms with Crippen LogP contribution in [0, 0.1) is 5.92 Å². The van der Waals surface area contributed by atoms with E-state index in [2.05, 4.69) is 42.7 Å². The zero-order valence-electron chi connectivity index (χ0n) is 18.7. The fraction of sp³-hybridized carbons (Fsp3) is 0.440. The summed E-state index contributed by atoms with van der Waals surface area (Å²) in [6.45, 7) is 9.20. The molecule has 31 heavy (non-hydrogen) atoms. The van der Waals surface area contributed by atoms with E-state index in [1.807, 2.05) is 36.4 Å². The zero-order chi connectivity index (χ0) is 22.1. The van der Waals surface area contributed by atoms with Crippen LogP contribution >= 0.6 is 0 Å². The number of rotatable bonds is 8. The van der Waals surface area contributed by atoms with Crippen LogP contribution in [-0.2, 0) is 17.9 Å². The van der Waals surface area contributed by atoms with Crippen LogP contribution in [0.4, 0.5) is 10.5 Å². The van der Waals surface area contributed by atoms with Crippen molar-refractivity contribution in [2.24, 2.45) is 5.92 Å². The monoisotopic (exact) mass is 423 g/mol. The molecule has 0 saturated carbocycles. The number of piperidine rings is 1. The summed E-state index contributed by atoms with van der Waals surface area (Å²) in [6, 6.07) is 17.6. The molecule has 0 bridgehead atoms. The van der Waals surface area contributed by atoms with Crippen molar-refractivity contribution in [3.63, 3.8) is 0 Å². The van der Waals surface area contributed by atoms with E-state index in [9.17, 15) is 9.59 Å². The lowest BCUT2D eigenvalue weighted by Gasteiger charge is -2.32. The Hall–Kier alpha value is -2.86. The third kappa shape index (κ3) is 6.56. The van der Waals surface area contributed by atoms with Gasteiger partial charge >= 0.3 is 6.03 Å². The first-order chi connectivity index (χ1) is 15.1. The normalized spacial score (nSPS) is 16.2. The van der Waals surface area contributed by atoms with E-state index < -0.39 is 0 Å². The molecule has 1 fully saturated rings. The summed E-state index contributed by atoms with van der Waals surface area (Å²) in [7, 11) is 0. The van der Waals surface area contributed by atoms with Crippen LogP contribution in [0.25, 0.3) is 0 Å². The minimum atomic E-state index is -0.171. The molecule has 166 valence electrons. The maximum Gasteiger partial charge on any atom is 0.321 e. The summed E-state index contributed by atoms with van der Waals surface area (Å²) in [5.41, 5.74) is 3.23. The molecule has 0 unspecified atom stereocenters. The number of carbonyl (C=O) groups is 2.